The highest BCUT2D eigenvalue weighted by Gasteiger charge is 2.35. The molecule has 0 radical (unpaired) electrons. The molecule has 1 saturated carbocycles. The Morgan fingerprint density at radius 2 is 2.07 bits per heavy atom. The Balaban J connectivity index is 0.975. The number of rotatable bonds is 11. The van der Waals surface area contributed by atoms with Crippen molar-refractivity contribution >= 4 is 34.3 Å². The van der Waals surface area contributed by atoms with Crippen LogP contribution in [0.1, 0.15) is 70.6 Å². The first-order valence-electron chi connectivity index (χ1n) is 15.6. The number of nitrogens with zero attached hydrogens (tertiary/aromatic N) is 3. The fourth-order valence-corrected chi connectivity index (χ4v) is 7.30. The number of aromatic carboxylic acids is 1. The molecular weight excluding hydrogens is 579 g/mol. The van der Waals surface area contributed by atoms with Crippen LogP contribution in [0.4, 0.5) is 15.8 Å². The van der Waals surface area contributed by atoms with Crippen LogP contribution in [0.2, 0.25) is 0 Å². The average Bonchev–Trinajstić information content (AvgIpc) is 3.70. The van der Waals surface area contributed by atoms with Crippen LogP contribution in [0.3, 0.4) is 0 Å². The van der Waals surface area contributed by atoms with Crippen LogP contribution in [-0.2, 0) is 11.3 Å². The number of carboxylic acids is 1. The minimum Gasteiger partial charge on any atom is -0.478 e. The monoisotopic (exact) mass is 618 g/mol. The van der Waals surface area contributed by atoms with E-state index in [0.29, 0.717) is 28.2 Å². The van der Waals surface area contributed by atoms with Crippen LogP contribution in [0.5, 0.6) is 5.19 Å². The minimum absolute atomic E-state index is 0.0283. The molecule has 2 unspecified atom stereocenters. The smallest absolute Gasteiger partial charge is 0.335 e. The number of hydrogen-bond acceptors (Lipinski definition) is 8. The maximum absolute atomic E-state index is 14.8. The fraction of sp³-hybridized carbons (Fsp3) is 0.471. The first-order chi connectivity index (χ1) is 21.3. The van der Waals surface area contributed by atoms with E-state index in [9.17, 15) is 14.3 Å². The predicted octanol–water partition coefficient (Wildman–Crippen LogP) is 6.52. The van der Waals surface area contributed by atoms with Gasteiger partial charge in [-0.3, -0.25) is 4.90 Å². The number of aryl methyl sites for hydroxylation is 1. The molecule has 2 N–H and O–H groups in total. The van der Waals surface area contributed by atoms with Crippen LogP contribution in [0, 0.1) is 18.7 Å². The van der Waals surface area contributed by atoms with Crippen LogP contribution >= 0.6 is 11.3 Å². The summed E-state index contributed by atoms with van der Waals surface area (Å²) in [7, 11) is 0. The Bertz CT molecular complexity index is 1580. The summed E-state index contributed by atoms with van der Waals surface area (Å²) in [5.41, 5.74) is 5.98. The summed E-state index contributed by atoms with van der Waals surface area (Å²) in [5, 5.41) is 13.7. The summed E-state index contributed by atoms with van der Waals surface area (Å²) in [4.78, 5) is 22.2. The zero-order valence-electron chi connectivity index (χ0n) is 25.2. The number of hydrogen-bond donors (Lipinski definition) is 2. The number of carboxylic acid groups (broad SMARTS) is 1. The van der Waals surface area contributed by atoms with Crippen molar-refractivity contribution in [3.8, 4) is 5.19 Å². The van der Waals surface area contributed by atoms with Crippen LogP contribution < -0.4 is 15.0 Å². The molecule has 7 rings (SSSR count). The molecule has 8 nitrogen and oxygen atoms in total. The average molecular weight is 619 g/mol. The summed E-state index contributed by atoms with van der Waals surface area (Å²) >= 11 is 1.51. The molecule has 0 bridgehead atoms. The van der Waals surface area contributed by atoms with Crippen molar-refractivity contribution in [2.24, 2.45) is 5.92 Å². The van der Waals surface area contributed by atoms with Gasteiger partial charge in [-0.15, -0.1) is 0 Å². The number of aromatic nitrogens is 1. The lowest BCUT2D eigenvalue weighted by Gasteiger charge is -2.37. The van der Waals surface area contributed by atoms with Gasteiger partial charge in [0.05, 0.1) is 28.7 Å². The Morgan fingerprint density at radius 1 is 1.23 bits per heavy atom. The first kappa shape index (κ1) is 29.3. The van der Waals surface area contributed by atoms with E-state index < -0.39 is 5.97 Å². The van der Waals surface area contributed by atoms with E-state index in [1.165, 1.54) is 29.8 Å². The molecule has 0 spiro atoms. The Hall–Kier alpha value is -3.47. The number of benzene rings is 2. The third-order valence-electron chi connectivity index (χ3n) is 9.53. The molecule has 10 heteroatoms. The second kappa shape index (κ2) is 12.1. The van der Waals surface area contributed by atoms with Gasteiger partial charge in [-0.25, -0.2) is 14.2 Å². The van der Waals surface area contributed by atoms with Gasteiger partial charge in [0.2, 0.25) is 0 Å². The second-order valence-electron chi connectivity index (χ2n) is 12.5. The first-order valence-corrected chi connectivity index (χ1v) is 16.5. The van der Waals surface area contributed by atoms with E-state index in [1.807, 2.05) is 18.2 Å². The molecule has 1 aromatic heterocycles. The molecule has 2 aromatic carbocycles. The molecule has 3 atom stereocenters. The second-order valence-corrected chi connectivity index (χ2v) is 13.7. The molecule has 44 heavy (non-hydrogen) atoms. The molecule has 3 aromatic rings. The van der Waals surface area contributed by atoms with Gasteiger partial charge in [0.1, 0.15) is 18.6 Å². The zero-order chi connectivity index (χ0) is 30.4. The van der Waals surface area contributed by atoms with Crippen molar-refractivity contribution < 1.29 is 23.8 Å². The molecule has 4 heterocycles. The number of ether oxygens (including phenoxy) is 2. The Kier molecular flexibility index (Phi) is 8.07. The van der Waals surface area contributed by atoms with Gasteiger partial charge >= 0.3 is 5.97 Å². The van der Waals surface area contributed by atoms with E-state index in [0.717, 1.165) is 73.1 Å². The number of carbonyl (C=O) groups is 1. The number of thiazole rings is 1. The van der Waals surface area contributed by atoms with E-state index in [1.54, 1.807) is 18.2 Å². The molecule has 4 aliphatic rings. The lowest BCUT2D eigenvalue weighted by molar-refractivity contribution is -0.0451. The normalized spacial score (nSPS) is 22.2. The van der Waals surface area contributed by atoms with Crippen LogP contribution in [0.25, 0.3) is 5.57 Å². The topological polar surface area (TPSA) is 87.2 Å². The molecule has 2 fully saturated rings. The maximum Gasteiger partial charge on any atom is 0.335 e. The van der Waals surface area contributed by atoms with Crippen LogP contribution in [-0.4, -0.2) is 66.0 Å². The number of nitrogens with one attached hydrogen (secondary N) is 1. The molecule has 1 aliphatic carbocycles. The zero-order valence-corrected chi connectivity index (χ0v) is 26.0. The molecule has 232 valence electrons. The number of halogens is 1. The highest BCUT2D eigenvalue weighted by atomic mass is 32.1. The Morgan fingerprint density at radius 3 is 2.75 bits per heavy atom. The molecule has 0 amide bonds. The summed E-state index contributed by atoms with van der Waals surface area (Å²) in [6.07, 6.45) is 6.82. The van der Waals surface area contributed by atoms with Crippen molar-refractivity contribution in [3.05, 3.63) is 75.6 Å². The third-order valence-corrected chi connectivity index (χ3v) is 10.4. The van der Waals surface area contributed by atoms with Gasteiger partial charge in [0.25, 0.3) is 5.19 Å². The summed E-state index contributed by atoms with van der Waals surface area (Å²) in [5.74, 6) is -0.0292. The summed E-state index contributed by atoms with van der Waals surface area (Å²) in [6.45, 7) is 8.40. The lowest BCUT2D eigenvalue weighted by Crippen LogP contribution is -2.50. The van der Waals surface area contributed by atoms with E-state index in [4.69, 9.17) is 14.5 Å². The lowest BCUT2D eigenvalue weighted by atomic mass is 9.95. The molecular formula is C34H39FN4O4S. The largest absolute Gasteiger partial charge is 0.478 e. The SMILES string of the molecule is Cc1sc(OCc2ccc(C(C)C3CC3)cc2F)nc1C1=CCN(CC2Nc3ccc(C(=O)O)cc3N2C[C@@H]2CCO2)CC1. The van der Waals surface area contributed by atoms with E-state index in [-0.39, 0.29) is 24.7 Å². The van der Waals surface area contributed by atoms with Crippen molar-refractivity contribution in [2.75, 3.05) is 43.0 Å². The van der Waals surface area contributed by atoms with Gasteiger partial charge in [0, 0.05) is 43.2 Å². The molecule has 3 aliphatic heterocycles. The predicted molar refractivity (Wildman–Crippen MR) is 170 cm³/mol. The molecule has 1 saturated heterocycles. The maximum atomic E-state index is 14.8. The number of anilines is 2. The van der Waals surface area contributed by atoms with Gasteiger partial charge in [0.15, 0.2) is 0 Å². The van der Waals surface area contributed by atoms with Crippen molar-refractivity contribution in [1.82, 2.24) is 9.88 Å². The third kappa shape index (κ3) is 6.07. The van der Waals surface area contributed by atoms with Crippen molar-refractivity contribution in [2.45, 2.75) is 64.3 Å². The van der Waals surface area contributed by atoms with E-state index >= 15 is 0 Å². The van der Waals surface area contributed by atoms with Crippen LogP contribution in [0.15, 0.2) is 42.5 Å². The summed E-state index contributed by atoms with van der Waals surface area (Å²) in [6, 6.07) is 10.8. The van der Waals surface area contributed by atoms with Crippen molar-refractivity contribution in [3.63, 3.8) is 0 Å². The van der Waals surface area contributed by atoms with Gasteiger partial charge in [-0.2, -0.15) is 0 Å². The minimum atomic E-state index is -0.921. The van der Waals surface area contributed by atoms with Gasteiger partial charge < -0.3 is 24.8 Å². The van der Waals surface area contributed by atoms with Gasteiger partial charge in [-0.1, -0.05) is 36.5 Å². The fourth-order valence-electron chi connectivity index (χ4n) is 6.51. The highest BCUT2D eigenvalue weighted by Crippen LogP contribution is 2.42. The highest BCUT2D eigenvalue weighted by molar-refractivity contribution is 7.13. The Labute approximate surface area is 261 Å². The number of fused-ring (bicyclic) bond motifs is 1. The summed E-state index contributed by atoms with van der Waals surface area (Å²) < 4.78 is 26.5. The quantitative estimate of drug-likeness (QED) is 0.251. The standard InChI is InChI=1S/C34H39FN4O4S/c1-20(22-3-4-22)24-5-6-26(28(35)15-24)19-43-34-37-32(21(2)44-34)23-9-12-38(13-10-23)18-31-36-29-8-7-25(33(40)41)16-30(29)39(31)17-27-11-14-42-27/h5-9,15-16,20,22,27,31,36H,3-4,10-14,17-19H2,1-2H3,(H,40,41)/t20?,27-,31?/m0/s1. The van der Waals surface area contributed by atoms with Gasteiger partial charge in [-0.05, 0) is 79.8 Å². The van der Waals surface area contributed by atoms with Crippen molar-refractivity contribution in [1.29, 1.82) is 0 Å². The van der Waals surface area contributed by atoms with E-state index in [2.05, 4.69) is 35.0 Å².